The number of aryl methyl sites for hydroxylation is 1. The zero-order valence-electron chi connectivity index (χ0n) is 15.1. The molecule has 2 aromatic carbocycles. The lowest BCUT2D eigenvalue weighted by atomic mass is 9.99. The van der Waals surface area contributed by atoms with E-state index in [1.165, 1.54) is 14.2 Å². The Bertz CT molecular complexity index is 812. The van der Waals surface area contributed by atoms with Crippen LogP contribution in [0.1, 0.15) is 27.5 Å². The van der Waals surface area contributed by atoms with Crippen LogP contribution in [0.15, 0.2) is 42.5 Å². The molecule has 0 bridgehead atoms. The van der Waals surface area contributed by atoms with Crippen LogP contribution in [0.25, 0.3) is 0 Å². The summed E-state index contributed by atoms with van der Waals surface area (Å²) in [5.41, 5.74) is 2.14. The van der Waals surface area contributed by atoms with Crippen LogP contribution in [0.5, 0.6) is 11.5 Å². The van der Waals surface area contributed by atoms with Crippen molar-refractivity contribution in [2.45, 2.75) is 13.0 Å². The van der Waals surface area contributed by atoms with Crippen LogP contribution in [-0.4, -0.2) is 44.0 Å². The summed E-state index contributed by atoms with van der Waals surface area (Å²) in [6.45, 7) is 2.77. The fourth-order valence-corrected chi connectivity index (χ4v) is 3.26. The fourth-order valence-electron chi connectivity index (χ4n) is 3.26. The van der Waals surface area contributed by atoms with Gasteiger partial charge in [-0.15, -0.1) is 0 Å². The smallest absolute Gasteiger partial charge is 0.262 e. The Morgan fingerprint density at radius 3 is 2.38 bits per heavy atom. The molecule has 1 N–H and O–H groups in total. The third-order valence-electron chi connectivity index (χ3n) is 4.47. The van der Waals surface area contributed by atoms with Crippen LogP contribution in [0.4, 0.5) is 0 Å². The first-order valence-corrected chi connectivity index (χ1v) is 8.43. The zero-order chi connectivity index (χ0) is 18.7. The number of hydrogen-bond acceptors (Lipinski definition) is 4. The first kappa shape index (κ1) is 17.8. The lowest BCUT2D eigenvalue weighted by molar-refractivity contribution is -0.128. The van der Waals surface area contributed by atoms with Gasteiger partial charge in [0.05, 0.1) is 14.2 Å². The number of amides is 2. The van der Waals surface area contributed by atoms with Gasteiger partial charge >= 0.3 is 0 Å². The number of carbonyl (C=O) groups excluding carboxylic acids is 2. The van der Waals surface area contributed by atoms with E-state index in [1.54, 1.807) is 23.1 Å². The minimum atomic E-state index is -0.689. The number of ether oxygens (including phenoxy) is 2. The second kappa shape index (κ2) is 7.47. The third-order valence-corrected chi connectivity index (χ3v) is 4.47. The predicted molar refractivity (Wildman–Crippen MR) is 97.5 cm³/mol. The molecule has 26 heavy (non-hydrogen) atoms. The average molecular weight is 354 g/mol. The molecule has 2 amide bonds. The molecule has 1 unspecified atom stereocenters. The lowest BCUT2D eigenvalue weighted by Gasteiger charge is -2.36. The van der Waals surface area contributed by atoms with Crippen LogP contribution in [0.3, 0.4) is 0 Å². The van der Waals surface area contributed by atoms with Gasteiger partial charge < -0.3 is 19.7 Å². The summed E-state index contributed by atoms with van der Waals surface area (Å²) in [5.74, 6) is 0.358. The minimum Gasteiger partial charge on any atom is -0.496 e. The number of nitrogens with one attached hydrogen (secondary N) is 1. The first-order chi connectivity index (χ1) is 12.6. The Balaban J connectivity index is 2.06. The monoisotopic (exact) mass is 354 g/mol. The Kier molecular flexibility index (Phi) is 5.11. The molecule has 0 saturated carbocycles. The molecule has 1 fully saturated rings. The molecule has 6 heteroatoms. The quantitative estimate of drug-likeness (QED) is 0.915. The Morgan fingerprint density at radius 2 is 1.77 bits per heavy atom. The van der Waals surface area contributed by atoms with Crippen molar-refractivity contribution in [2.24, 2.45) is 0 Å². The van der Waals surface area contributed by atoms with Gasteiger partial charge in [-0.25, -0.2) is 0 Å². The van der Waals surface area contributed by atoms with Crippen LogP contribution in [0.2, 0.25) is 0 Å². The van der Waals surface area contributed by atoms with Gasteiger partial charge in [0, 0.05) is 13.1 Å². The molecule has 0 aromatic heterocycles. The number of nitrogens with zero attached hydrogens (tertiary/aromatic N) is 1. The molecular weight excluding hydrogens is 332 g/mol. The van der Waals surface area contributed by atoms with Crippen molar-refractivity contribution in [1.29, 1.82) is 0 Å². The van der Waals surface area contributed by atoms with E-state index in [0.29, 0.717) is 30.2 Å². The van der Waals surface area contributed by atoms with Gasteiger partial charge in [0.15, 0.2) is 0 Å². The van der Waals surface area contributed by atoms with Crippen molar-refractivity contribution in [1.82, 2.24) is 10.2 Å². The van der Waals surface area contributed by atoms with Gasteiger partial charge in [-0.3, -0.25) is 9.59 Å². The van der Waals surface area contributed by atoms with E-state index in [1.807, 2.05) is 31.2 Å². The van der Waals surface area contributed by atoms with E-state index in [9.17, 15) is 9.59 Å². The highest BCUT2D eigenvalue weighted by Crippen LogP contribution is 2.33. The molecular formula is C20H22N2O4. The summed E-state index contributed by atoms with van der Waals surface area (Å²) in [5, 5.41) is 2.85. The summed E-state index contributed by atoms with van der Waals surface area (Å²) in [6.07, 6.45) is 0. The molecule has 6 nitrogen and oxygen atoms in total. The Morgan fingerprint density at radius 1 is 1.12 bits per heavy atom. The summed E-state index contributed by atoms with van der Waals surface area (Å²) in [4.78, 5) is 27.5. The highest BCUT2D eigenvalue weighted by molar-refractivity contribution is 6.02. The predicted octanol–water partition coefficient (Wildman–Crippen LogP) is 2.33. The van der Waals surface area contributed by atoms with Gasteiger partial charge in [-0.05, 0) is 24.6 Å². The van der Waals surface area contributed by atoms with Crippen molar-refractivity contribution in [2.75, 3.05) is 27.3 Å². The molecule has 0 radical (unpaired) electrons. The second-order valence-electron chi connectivity index (χ2n) is 6.14. The topological polar surface area (TPSA) is 67.9 Å². The molecule has 0 aliphatic carbocycles. The van der Waals surface area contributed by atoms with E-state index >= 15 is 0 Å². The first-order valence-electron chi connectivity index (χ1n) is 8.43. The van der Waals surface area contributed by atoms with Crippen molar-refractivity contribution in [3.05, 3.63) is 59.2 Å². The van der Waals surface area contributed by atoms with Gasteiger partial charge in [-0.2, -0.15) is 0 Å². The van der Waals surface area contributed by atoms with E-state index in [4.69, 9.17) is 9.47 Å². The number of carbonyl (C=O) groups is 2. The third kappa shape index (κ3) is 3.22. The maximum Gasteiger partial charge on any atom is 0.262 e. The van der Waals surface area contributed by atoms with Crippen LogP contribution in [0, 0.1) is 6.92 Å². The van der Waals surface area contributed by atoms with Crippen molar-refractivity contribution >= 4 is 11.8 Å². The zero-order valence-corrected chi connectivity index (χ0v) is 15.1. The van der Waals surface area contributed by atoms with E-state index in [-0.39, 0.29) is 11.8 Å². The molecule has 1 aliphatic heterocycles. The maximum absolute atomic E-state index is 13.4. The number of hydrogen-bond donors (Lipinski definition) is 1. The molecule has 3 rings (SSSR count). The van der Waals surface area contributed by atoms with Gasteiger partial charge in [0.25, 0.3) is 5.91 Å². The molecule has 0 spiro atoms. The van der Waals surface area contributed by atoms with E-state index in [0.717, 1.165) is 11.1 Å². The van der Waals surface area contributed by atoms with Crippen LogP contribution in [-0.2, 0) is 4.79 Å². The van der Waals surface area contributed by atoms with E-state index < -0.39 is 6.04 Å². The van der Waals surface area contributed by atoms with Crippen molar-refractivity contribution in [3.63, 3.8) is 0 Å². The minimum absolute atomic E-state index is 0.191. The van der Waals surface area contributed by atoms with Crippen molar-refractivity contribution < 1.29 is 19.1 Å². The largest absolute Gasteiger partial charge is 0.496 e. The molecule has 1 aliphatic rings. The maximum atomic E-state index is 13.4. The summed E-state index contributed by atoms with van der Waals surface area (Å²) in [7, 11) is 3.01. The molecule has 1 saturated heterocycles. The molecule has 2 aromatic rings. The second-order valence-corrected chi connectivity index (χ2v) is 6.14. The molecule has 136 valence electrons. The van der Waals surface area contributed by atoms with Gasteiger partial charge in [-0.1, -0.05) is 35.9 Å². The highest BCUT2D eigenvalue weighted by Gasteiger charge is 2.36. The number of rotatable bonds is 4. The van der Waals surface area contributed by atoms with E-state index in [2.05, 4.69) is 5.32 Å². The number of methoxy groups -OCH3 is 2. The Labute approximate surface area is 152 Å². The standard InChI is InChI=1S/C20H22N2O4/c1-13-6-4-7-14(12-13)18-19(23)21-10-11-22(18)20(24)17-15(25-2)8-5-9-16(17)26-3/h4-9,12,18H,10-11H2,1-3H3,(H,21,23). The highest BCUT2D eigenvalue weighted by atomic mass is 16.5. The van der Waals surface area contributed by atoms with Crippen LogP contribution < -0.4 is 14.8 Å². The van der Waals surface area contributed by atoms with Gasteiger partial charge in [0.1, 0.15) is 23.1 Å². The summed E-state index contributed by atoms with van der Waals surface area (Å²) >= 11 is 0. The average Bonchev–Trinajstić information content (AvgIpc) is 2.66. The molecule has 1 heterocycles. The fraction of sp³-hybridized carbons (Fsp3) is 0.300. The normalized spacial score (nSPS) is 16.8. The molecule has 1 atom stereocenters. The van der Waals surface area contributed by atoms with Crippen molar-refractivity contribution in [3.8, 4) is 11.5 Å². The van der Waals surface area contributed by atoms with Gasteiger partial charge in [0.2, 0.25) is 5.91 Å². The number of piperazine rings is 1. The van der Waals surface area contributed by atoms with Crippen LogP contribution >= 0.6 is 0 Å². The summed E-state index contributed by atoms with van der Waals surface area (Å²) < 4.78 is 10.7. The Hall–Kier alpha value is -3.02. The lowest BCUT2D eigenvalue weighted by Crippen LogP contribution is -2.52. The summed E-state index contributed by atoms with van der Waals surface area (Å²) in [6, 6.07) is 12.1. The SMILES string of the molecule is COc1cccc(OC)c1C(=O)N1CCNC(=O)C1c1cccc(C)c1. The number of benzene rings is 2.